The maximum Gasteiger partial charge on any atom is 0.0991 e. The second-order valence-electron chi connectivity index (χ2n) is 2.45. The largest absolute Gasteiger partial charge is 0.192 e. The van der Waals surface area contributed by atoms with Gasteiger partial charge >= 0.3 is 0 Å². The molecule has 0 aromatic heterocycles. The van der Waals surface area contributed by atoms with Crippen molar-refractivity contribution in [3.63, 3.8) is 0 Å². The number of hydrogen-bond donors (Lipinski definition) is 0. The van der Waals surface area contributed by atoms with E-state index < -0.39 is 0 Å². The molecule has 0 saturated heterocycles. The molecule has 0 aliphatic rings. The van der Waals surface area contributed by atoms with E-state index >= 15 is 0 Å². The van der Waals surface area contributed by atoms with Crippen LogP contribution in [0.3, 0.4) is 0 Å². The van der Waals surface area contributed by atoms with Crippen molar-refractivity contribution in [1.82, 2.24) is 0 Å². The van der Waals surface area contributed by atoms with Crippen LogP contribution in [0.4, 0.5) is 0 Å². The third-order valence-electron chi connectivity index (χ3n) is 1.42. The lowest BCUT2D eigenvalue weighted by atomic mass is 10.1. The van der Waals surface area contributed by atoms with E-state index in [1.54, 1.807) is 6.07 Å². The summed E-state index contributed by atoms with van der Waals surface area (Å²) in [6.45, 7) is 1.96. The number of nitrogens with zero attached hydrogens (tertiary/aromatic N) is 1. The zero-order chi connectivity index (χ0) is 8.27. The highest BCUT2D eigenvalue weighted by atomic mass is 35.5. The van der Waals surface area contributed by atoms with Gasteiger partial charge in [-0.2, -0.15) is 5.26 Å². The van der Waals surface area contributed by atoms with Gasteiger partial charge in [-0.05, 0) is 30.2 Å². The molecule has 0 atom stereocenters. The number of nitriles is 1. The molecule has 0 N–H and O–H groups in total. The van der Waals surface area contributed by atoms with Gasteiger partial charge in [0.25, 0.3) is 0 Å². The molecule has 0 saturated carbocycles. The van der Waals surface area contributed by atoms with Crippen molar-refractivity contribution in [2.24, 2.45) is 0 Å². The molecule has 11 heavy (non-hydrogen) atoms. The minimum Gasteiger partial charge on any atom is -0.192 e. The summed E-state index contributed by atoms with van der Waals surface area (Å²) in [5.74, 6) is 0.469. The fraction of sp³-hybridized carbons (Fsp3) is 0.222. The lowest BCUT2D eigenvalue weighted by molar-refractivity contribution is 1.32. The first kappa shape index (κ1) is 8.10. The number of benzene rings is 1. The minimum atomic E-state index is 0.469. The van der Waals surface area contributed by atoms with Crippen molar-refractivity contribution in [2.75, 3.05) is 0 Å². The molecule has 1 rings (SSSR count). The smallest absolute Gasteiger partial charge is 0.0991 e. The van der Waals surface area contributed by atoms with E-state index in [1.165, 1.54) is 0 Å². The molecule has 2 heteroatoms. The van der Waals surface area contributed by atoms with Crippen LogP contribution in [0.5, 0.6) is 0 Å². The second-order valence-corrected chi connectivity index (χ2v) is 2.72. The first-order chi connectivity index (χ1) is 5.26. The van der Waals surface area contributed by atoms with E-state index in [4.69, 9.17) is 16.9 Å². The maximum absolute atomic E-state index is 8.59. The van der Waals surface area contributed by atoms with Crippen LogP contribution in [-0.2, 0) is 5.88 Å². The van der Waals surface area contributed by atoms with Crippen LogP contribution in [0.15, 0.2) is 18.2 Å². The molecule has 0 amide bonds. The summed E-state index contributed by atoms with van der Waals surface area (Å²) in [6.07, 6.45) is 0. The lowest BCUT2D eigenvalue weighted by Gasteiger charge is -1.97. The van der Waals surface area contributed by atoms with Crippen LogP contribution in [0, 0.1) is 18.3 Å². The Bertz CT molecular complexity index is 299. The van der Waals surface area contributed by atoms with Crippen molar-refractivity contribution in [1.29, 1.82) is 5.26 Å². The Hall–Kier alpha value is -1.000. The first-order valence-electron chi connectivity index (χ1n) is 3.33. The number of halogens is 1. The molecule has 1 aromatic carbocycles. The predicted molar refractivity (Wildman–Crippen MR) is 45.5 cm³/mol. The van der Waals surface area contributed by atoms with E-state index in [1.807, 2.05) is 19.1 Å². The second kappa shape index (κ2) is 3.41. The Morgan fingerprint density at radius 3 is 2.73 bits per heavy atom. The highest BCUT2D eigenvalue weighted by Gasteiger charge is 1.95. The highest BCUT2D eigenvalue weighted by Crippen LogP contribution is 2.10. The van der Waals surface area contributed by atoms with E-state index in [2.05, 4.69) is 6.07 Å². The summed E-state index contributed by atoms with van der Waals surface area (Å²) in [7, 11) is 0. The van der Waals surface area contributed by atoms with Crippen molar-refractivity contribution < 1.29 is 0 Å². The normalized spacial score (nSPS) is 9.18. The summed E-state index contributed by atoms with van der Waals surface area (Å²) in [5.41, 5.74) is 2.77. The Morgan fingerprint density at radius 1 is 1.45 bits per heavy atom. The van der Waals surface area contributed by atoms with Gasteiger partial charge in [-0.1, -0.05) is 6.07 Å². The van der Waals surface area contributed by atoms with E-state index in [-0.39, 0.29) is 0 Å². The quantitative estimate of drug-likeness (QED) is 0.587. The molecular weight excluding hydrogens is 158 g/mol. The molecule has 1 nitrogen and oxygen atoms in total. The summed E-state index contributed by atoms with van der Waals surface area (Å²) in [4.78, 5) is 0. The average Bonchev–Trinajstić information content (AvgIpc) is 2.03. The summed E-state index contributed by atoms with van der Waals surface area (Å²) < 4.78 is 0. The van der Waals surface area contributed by atoms with E-state index in [0.29, 0.717) is 11.4 Å². The Morgan fingerprint density at radius 2 is 2.18 bits per heavy atom. The minimum absolute atomic E-state index is 0.469. The molecule has 56 valence electrons. The lowest BCUT2D eigenvalue weighted by Crippen LogP contribution is -1.83. The van der Waals surface area contributed by atoms with Gasteiger partial charge in [0.15, 0.2) is 0 Å². The highest BCUT2D eigenvalue weighted by molar-refractivity contribution is 6.17. The van der Waals surface area contributed by atoms with Gasteiger partial charge in [-0.15, -0.1) is 11.6 Å². The fourth-order valence-corrected chi connectivity index (χ4v) is 1.16. The Balaban J connectivity index is 3.15. The summed E-state index contributed by atoms with van der Waals surface area (Å²) in [5, 5.41) is 8.59. The SMILES string of the molecule is Cc1cc(C#N)cc(CCl)c1. The number of rotatable bonds is 1. The number of aryl methyl sites for hydroxylation is 1. The number of alkyl halides is 1. The van der Waals surface area contributed by atoms with Crippen LogP contribution >= 0.6 is 11.6 Å². The monoisotopic (exact) mass is 165 g/mol. The van der Waals surface area contributed by atoms with E-state index in [0.717, 1.165) is 11.1 Å². The van der Waals surface area contributed by atoms with Crippen LogP contribution in [0.25, 0.3) is 0 Å². The molecule has 1 aromatic rings. The van der Waals surface area contributed by atoms with Gasteiger partial charge in [0.1, 0.15) is 0 Å². The van der Waals surface area contributed by atoms with Crippen molar-refractivity contribution in [3.05, 3.63) is 34.9 Å². The Kier molecular flexibility index (Phi) is 2.51. The molecular formula is C9H8ClN. The third kappa shape index (κ3) is 1.96. The standard InChI is InChI=1S/C9H8ClN/c1-7-2-8(5-10)4-9(3-7)6-11/h2-4H,5H2,1H3. The summed E-state index contributed by atoms with van der Waals surface area (Å²) in [6, 6.07) is 7.71. The van der Waals surface area contributed by atoms with Gasteiger partial charge in [-0.3, -0.25) is 0 Å². The van der Waals surface area contributed by atoms with Crippen LogP contribution in [0.1, 0.15) is 16.7 Å². The first-order valence-corrected chi connectivity index (χ1v) is 3.86. The molecule has 0 radical (unpaired) electrons. The topological polar surface area (TPSA) is 23.8 Å². The van der Waals surface area contributed by atoms with Gasteiger partial charge in [0, 0.05) is 5.88 Å². The van der Waals surface area contributed by atoms with Gasteiger partial charge in [0.05, 0.1) is 11.6 Å². The van der Waals surface area contributed by atoms with E-state index in [9.17, 15) is 0 Å². The maximum atomic E-state index is 8.59. The summed E-state index contributed by atoms with van der Waals surface area (Å²) >= 11 is 5.62. The van der Waals surface area contributed by atoms with Gasteiger partial charge < -0.3 is 0 Å². The van der Waals surface area contributed by atoms with Crippen molar-refractivity contribution in [3.8, 4) is 6.07 Å². The van der Waals surface area contributed by atoms with Crippen LogP contribution in [-0.4, -0.2) is 0 Å². The molecule has 0 unspecified atom stereocenters. The molecule has 0 aliphatic carbocycles. The Labute approximate surface area is 71.2 Å². The molecule has 0 spiro atoms. The van der Waals surface area contributed by atoms with Gasteiger partial charge in [0.2, 0.25) is 0 Å². The van der Waals surface area contributed by atoms with Gasteiger partial charge in [-0.25, -0.2) is 0 Å². The molecule has 0 fully saturated rings. The fourth-order valence-electron chi connectivity index (χ4n) is 1.00. The molecule has 0 heterocycles. The number of hydrogen-bond acceptors (Lipinski definition) is 1. The van der Waals surface area contributed by atoms with Crippen molar-refractivity contribution >= 4 is 11.6 Å². The molecule has 0 aliphatic heterocycles. The third-order valence-corrected chi connectivity index (χ3v) is 1.73. The average molecular weight is 166 g/mol. The van der Waals surface area contributed by atoms with Crippen LogP contribution < -0.4 is 0 Å². The molecule has 0 bridgehead atoms. The van der Waals surface area contributed by atoms with Crippen LogP contribution in [0.2, 0.25) is 0 Å². The zero-order valence-electron chi connectivity index (χ0n) is 6.26. The van der Waals surface area contributed by atoms with Crippen molar-refractivity contribution in [2.45, 2.75) is 12.8 Å². The zero-order valence-corrected chi connectivity index (χ0v) is 7.02. The predicted octanol–water partition coefficient (Wildman–Crippen LogP) is 2.61.